The van der Waals surface area contributed by atoms with Crippen molar-refractivity contribution in [2.45, 2.75) is 33.6 Å². The zero-order valence-corrected chi connectivity index (χ0v) is 13.1. The van der Waals surface area contributed by atoms with Crippen molar-refractivity contribution in [3.63, 3.8) is 0 Å². The van der Waals surface area contributed by atoms with Crippen molar-refractivity contribution >= 4 is 23.2 Å². The van der Waals surface area contributed by atoms with Gasteiger partial charge >= 0.3 is 0 Å². The van der Waals surface area contributed by atoms with E-state index in [1.54, 1.807) is 0 Å². The third-order valence-corrected chi connectivity index (χ3v) is 3.65. The lowest BCUT2D eigenvalue weighted by atomic mass is 9.88. The summed E-state index contributed by atoms with van der Waals surface area (Å²) in [5.41, 5.74) is 1.19. The van der Waals surface area contributed by atoms with E-state index < -0.39 is 0 Å². The van der Waals surface area contributed by atoms with Crippen LogP contribution in [-0.4, -0.2) is 13.1 Å². The molecule has 1 atom stereocenters. The highest BCUT2D eigenvalue weighted by Crippen LogP contribution is 2.31. The van der Waals surface area contributed by atoms with Gasteiger partial charge in [-0.15, -0.1) is 0 Å². The molecule has 1 aromatic rings. The minimum Gasteiger partial charge on any atom is -0.316 e. The highest BCUT2D eigenvalue weighted by atomic mass is 35.5. The van der Waals surface area contributed by atoms with Crippen LogP contribution in [0.2, 0.25) is 10.0 Å². The van der Waals surface area contributed by atoms with Crippen LogP contribution < -0.4 is 5.32 Å². The normalized spacial score (nSPS) is 13.3. The lowest BCUT2D eigenvalue weighted by molar-refractivity contribution is 0.442. The average Bonchev–Trinajstić information content (AvgIpc) is 2.25. The quantitative estimate of drug-likeness (QED) is 0.778. The maximum atomic E-state index is 6.30. The lowest BCUT2D eigenvalue weighted by Crippen LogP contribution is -2.28. The van der Waals surface area contributed by atoms with Crippen LogP contribution in [0.3, 0.4) is 0 Å². The maximum Gasteiger partial charge on any atom is 0.0456 e. The summed E-state index contributed by atoms with van der Waals surface area (Å²) in [6.45, 7) is 10.9. The predicted octanol–water partition coefficient (Wildman–Crippen LogP) is 4.98. The standard InChI is InChI=1S/C15H23Cl2N/c1-10(2)8-18-9-14(11(3)4)13-6-5-12(16)7-15(13)17/h5-7,10-11,14,18H,8-9H2,1-4H3. The first-order valence-corrected chi connectivity index (χ1v) is 7.33. The van der Waals surface area contributed by atoms with Crippen molar-refractivity contribution < 1.29 is 0 Å². The fraction of sp³-hybridized carbons (Fsp3) is 0.600. The smallest absolute Gasteiger partial charge is 0.0456 e. The van der Waals surface area contributed by atoms with Crippen LogP contribution in [0.4, 0.5) is 0 Å². The number of benzene rings is 1. The van der Waals surface area contributed by atoms with Crippen LogP contribution >= 0.6 is 23.2 Å². The second-order valence-corrected chi connectivity index (χ2v) is 6.41. The summed E-state index contributed by atoms with van der Waals surface area (Å²) in [5.74, 6) is 1.63. The van der Waals surface area contributed by atoms with Gasteiger partial charge in [0.15, 0.2) is 0 Å². The zero-order chi connectivity index (χ0) is 13.7. The summed E-state index contributed by atoms with van der Waals surface area (Å²) in [6.07, 6.45) is 0. The molecule has 1 unspecified atom stereocenters. The van der Waals surface area contributed by atoms with Crippen LogP contribution in [0.1, 0.15) is 39.2 Å². The molecule has 0 radical (unpaired) electrons. The Morgan fingerprint density at radius 2 is 1.72 bits per heavy atom. The molecular weight excluding hydrogens is 265 g/mol. The van der Waals surface area contributed by atoms with Gasteiger partial charge in [-0.2, -0.15) is 0 Å². The van der Waals surface area contributed by atoms with Gasteiger partial charge in [0.05, 0.1) is 0 Å². The Bertz CT molecular complexity index is 375. The Kier molecular flexibility index (Phi) is 6.48. The van der Waals surface area contributed by atoms with Gasteiger partial charge < -0.3 is 5.32 Å². The summed E-state index contributed by atoms with van der Waals surface area (Å²) in [6, 6.07) is 5.79. The molecule has 0 saturated carbocycles. The molecule has 0 amide bonds. The number of nitrogens with one attached hydrogen (secondary N) is 1. The maximum absolute atomic E-state index is 6.30. The van der Waals surface area contributed by atoms with Gasteiger partial charge in [-0.3, -0.25) is 0 Å². The molecular formula is C15H23Cl2N. The van der Waals surface area contributed by atoms with E-state index in [4.69, 9.17) is 23.2 Å². The number of rotatable bonds is 6. The Morgan fingerprint density at radius 3 is 2.22 bits per heavy atom. The Hall–Kier alpha value is -0.240. The SMILES string of the molecule is CC(C)CNCC(c1ccc(Cl)cc1Cl)C(C)C. The van der Waals surface area contributed by atoms with E-state index >= 15 is 0 Å². The highest BCUT2D eigenvalue weighted by molar-refractivity contribution is 6.35. The third-order valence-electron chi connectivity index (χ3n) is 3.08. The number of hydrogen-bond acceptors (Lipinski definition) is 1. The number of hydrogen-bond donors (Lipinski definition) is 1. The molecule has 0 aliphatic heterocycles. The molecule has 1 N–H and O–H groups in total. The molecule has 0 heterocycles. The van der Waals surface area contributed by atoms with E-state index in [1.807, 2.05) is 18.2 Å². The second kappa shape index (κ2) is 7.37. The molecule has 102 valence electrons. The second-order valence-electron chi connectivity index (χ2n) is 5.57. The first kappa shape index (κ1) is 15.8. The Balaban J connectivity index is 2.77. The molecule has 1 rings (SSSR count). The van der Waals surface area contributed by atoms with Crippen molar-refractivity contribution in [1.82, 2.24) is 5.32 Å². The first-order chi connectivity index (χ1) is 8.41. The lowest BCUT2D eigenvalue weighted by Gasteiger charge is -2.23. The van der Waals surface area contributed by atoms with Gasteiger partial charge in [0.25, 0.3) is 0 Å². The van der Waals surface area contributed by atoms with E-state index in [0.717, 1.165) is 18.1 Å². The summed E-state index contributed by atoms with van der Waals surface area (Å²) in [7, 11) is 0. The third kappa shape index (κ3) is 4.79. The van der Waals surface area contributed by atoms with Crippen LogP contribution in [0.5, 0.6) is 0 Å². The summed E-state index contributed by atoms with van der Waals surface area (Å²) >= 11 is 12.2. The van der Waals surface area contributed by atoms with Crippen molar-refractivity contribution in [2.24, 2.45) is 11.8 Å². The topological polar surface area (TPSA) is 12.0 Å². The van der Waals surface area contributed by atoms with Gasteiger partial charge in [-0.25, -0.2) is 0 Å². The molecule has 0 spiro atoms. The molecule has 0 aliphatic carbocycles. The summed E-state index contributed by atoms with van der Waals surface area (Å²) in [5, 5.41) is 4.98. The number of halogens is 2. The monoisotopic (exact) mass is 287 g/mol. The molecule has 0 aliphatic rings. The van der Waals surface area contributed by atoms with Crippen LogP contribution in [0.25, 0.3) is 0 Å². The highest BCUT2D eigenvalue weighted by Gasteiger charge is 2.18. The molecule has 1 aromatic carbocycles. The van der Waals surface area contributed by atoms with E-state index in [1.165, 1.54) is 5.56 Å². The van der Waals surface area contributed by atoms with Crippen molar-refractivity contribution in [2.75, 3.05) is 13.1 Å². The van der Waals surface area contributed by atoms with Crippen molar-refractivity contribution in [3.05, 3.63) is 33.8 Å². The molecule has 0 fully saturated rings. The molecule has 0 aromatic heterocycles. The van der Waals surface area contributed by atoms with Gasteiger partial charge in [0, 0.05) is 22.5 Å². The van der Waals surface area contributed by atoms with Gasteiger partial charge in [-0.05, 0) is 36.1 Å². The molecule has 0 bridgehead atoms. The van der Waals surface area contributed by atoms with E-state index in [9.17, 15) is 0 Å². The van der Waals surface area contributed by atoms with E-state index in [2.05, 4.69) is 33.0 Å². The fourth-order valence-corrected chi connectivity index (χ4v) is 2.58. The fourth-order valence-electron chi connectivity index (χ4n) is 2.03. The Labute approximate surface area is 121 Å². The minimum atomic E-state index is 0.425. The minimum absolute atomic E-state index is 0.425. The molecule has 18 heavy (non-hydrogen) atoms. The van der Waals surface area contributed by atoms with Crippen molar-refractivity contribution in [1.29, 1.82) is 0 Å². The summed E-state index contributed by atoms with van der Waals surface area (Å²) < 4.78 is 0. The van der Waals surface area contributed by atoms with Crippen LogP contribution in [0.15, 0.2) is 18.2 Å². The Morgan fingerprint density at radius 1 is 1.06 bits per heavy atom. The molecule has 3 heteroatoms. The van der Waals surface area contributed by atoms with E-state index in [-0.39, 0.29) is 0 Å². The van der Waals surface area contributed by atoms with E-state index in [0.29, 0.717) is 22.8 Å². The average molecular weight is 288 g/mol. The predicted molar refractivity (Wildman–Crippen MR) is 81.7 cm³/mol. The van der Waals surface area contributed by atoms with Crippen molar-refractivity contribution in [3.8, 4) is 0 Å². The van der Waals surface area contributed by atoms with Gasteiger partial charge in [0.1, 0.15) is 0 Å². The summed E-state index contributed by atoms with van der Waals surface area (Å²) in [4.78, 5) is 0. The molecule has 0 saturated heterocycles. The largest absolute Gasteiger partial charge is 0.316 e. The zero-order valence-electron chi connectivity index (χ0n) is 11.6. The first-order valence-electron chi connectivity index (χ1n) is 6.57. The molecule has 1 nitrogen and oxygen atoms in total. The van der Waals surface area contributed by atoms with Gasteiger partial charge in [-0.1, -0.05) is 57.0 Å². The van der Waals surface area contributed by atoms with Crippen LogP contribution in [0, 0.1) is 11.8 Å². The van der Waals surface area contributed by atoms with Gasteiger partial charge in [0.2, 0.25) is 0 Å². The van der Waals surface area contributed by atoms with Crippen LogP contribution in [-0.2, 0) is 0 Å².